The Bertz CT molecular complexity index is 425. The Hall–Kier alpha value is -1.61. The maximum Gasteiger partial charge on any atom is 0.258 e. The van der Waals surface area contributed by atoms with Gasteiger partial charge in [0.25, 0.3) is 5.91 Å². The summed E-state index contributed by atoms with van der Waals surface area (Å²) in [5.41, 5.74) is 5.43. The highest BCUT2D eigenvalue weighted by Gasteiger charge is 2.12. The first kappa shape index (κ1) is 13.5. The van der Waals surface area contributed by atoms with E-state index in [1.54, 1.807) is 0 Å². The van der Waals surface area contributed by atoms with E-state index >= 15 is 0 Å². The molecule has 0 aliphatic carbocycles. The first-order valence-electron chi connectivity index (χ1n) is 5.64. The maximum atomic E-state index is 11.1. The summed E-state index contributed by atoms with van der Waals surface area (Å²) in [7, 11) is 0. The topological polar surface area (TPSA) is 55.1 Å². The van der Waals surface area contributed by atoms with Gasteiger partial charge in [-0.2, -0.15) is 0 Å². The first-order valence-corrected chi connectivity index (χ1v) is 5.64. The normalized spacial score (nSPS) is 12.4. The van der Waals surface area contributed by atoms with Crippen LogP contribution < -0.4 is 11.3 Å². The van der Waals surface area contributed by atoms with Gasteiger partial charge in [0.2, 0.25) is 0 Å². The summed E-state index contributed by atoms with van der Waals surface area (Å²) in [6.07, 6.45) is 1.49. The number of carbonyl (C=O) groups is 1. The number of benzene rings is 1. The lowest BCUT2D eigenvalue weighted by Gasteiger charge is -2.19. The van der Waals surface area contributed by atoms with Crippen molar-refractivity contribution < 1.29 is 4.79 Å². The van der Waals surface area contributed by atoms with Gasteiger partial charge in [0.15, 0.2) is 0 Å². The van der Waals surface area contributed by atoms with Crippen LogP contribution in [-0.2, 0) is 10.2 Å². The fourth-order valence-electron chi connectivity index (χ4n) is 1.55. The molecule has 0 aromatic heterocycles. The number of amides is 1. The van der Waals surface area contributed by atoms with E-state index in [0.717, 1.165) is 11.1 Å². The molecular formula is C14H20N2O. The van der Waals surface area contributed by atoms with Crippen molar-refractivity contribution in [3.63, 3.8) is 0 Å². The Labute approximate surface area is 103 Å². The predicted molar refractivity (Wildman–Crippen MR) is 71.1 cm³/mol. The lowest BCUT2D eigenvalue weighted by atomic mass is 9.86. The average molecular weight is 232 g/mol. The summed E-state index contributed by atoms with van der Waals surface area (Å²) in [5.74, 6) is 4.75. The molecule has 0 unspecified atom stereocenters. The molecule has 0 aliphatic rings. The Morgan fingerprint density at radius 1 is 1.24 bits per heavy atom. The monoisotopic (exact) mass is 232 g/mol. The van der Waals surface area contributed by atoms with Gasteiger partial charge in [0.1, 0.15) is 0 Å². The van der Waals surface area contributed by atoms with Gasteiger partial charge in [-0.25, -0.2) is 5.84 Å². The summed E-state index contributed by atoms with van der Waals surface area (Å²) >= 11 is 0. The summed E-state index contributed by atoms with van der Waals surface area (Å²) in [6.45, 7) is 8.41. The second kappa shape index (κ2) is 5.15. The fourth-order valence-corrected chi connectivity index (χ4v) is 1.55. The number of rotatable bonds is 2. The summed E-state index contributed by atoms with van der Waals surface area (Å²) in [5, 5.41) is 0. The maximum absolute atomic E-state index is 11.1. The minimum absolute atomic E-state index is 0.144. The molecule has 3 N–H and O–H groups in total. The molecule has 1 aromatic rings. The van der Waals surface area contributed by atoms with Crippen LogP contribution in [0.2, 0.25) is 0 Å². The van der Waals surface area contributed by atoms with E-state index in [4.69, 9.17) is 5.84 Å². The first-order chi connectivity index (χ1) is 7.84. The number of carbonyl (C=O) groups excluding carboxylic acids is 1. The standard InChI is InChI=1S/C14H20N2O/c1-10(9-13(17)16-15)11-5-7-12(8-6-11)14(2,3)4/h5-9H,15H2,1-4H3,(H,16,17). The van der Waals surface area contributed by atoms with Gasteiger partial charge in [0.05, 0.1) is 0 Å². The molecule has 17 heavy (non-hydrogen) atoms. The average Bonchev–Trinajstić information content (AvgIpc) is 2.27. The van der Waals surface area contributed by atoms with E-state index in [1.807, 2.05) is 19.1 Å². The molecule has 1 rings (SSSR count). The zero-order valence-corrected chi connectivity index (χ0v) is 10.9. The molecule has 0 fully saturated rings. The number of hydrogen-bond acceptors (Lipinski definition) is 2. The minimum Gasteiger partial charge on any atom is -0.291 e. The van der Waals surface area contributed by atoms with E-state index in [2.05, 4.69) is 38.3 Å². The van der Waals surface area contributed by atoms with E-state index in [1.165, 1.54) is 11.6 Å². The van der Waals surface area contributed by atoms with Crippen LogP contribution in [0.15, 0.2) is 30.3 Å². The van der Waals surface area contributed by atoms with Crippen LogP contribution in [0.3, 0.4) is 0 Å². The molecule has 1 amide bonds. The molecule has 3 heteroatoms. The van der Waals surface area contributed by atoms with Crippen LogP contribution in [0, 0.1) is 0 Å². The second-order valence-corrected chi connectivity index (χ2v) is 5.16. The van der Waals surface area contributed by atoms with E-state index < -0.39 is 0 Å². The van der Waals surface area contributed by atoms with Crippen molar-refractivity contribution >= 4 is 11.5 Å². The third kappa shape index (κ3) is 3.71. The van der Waals surface area contributed by atoms with Crippen molar-refractivity contribution in [1.82, 2.24) is 5.43 Å². The zero-order valence-electron chi connectivity index (χ0n) is 10.9. The zero-order chi connectivity index (χ0) is 13.1. The molecule has 0 saturated heterocycles. The molecule has 92 valence electrons. The number of allylic oxidation sites excluding steroid dienone is 1. The smallest absolute Gasteiger partial charge is 0.258 e. The van der Waals surface area contributed by atoms with Gasteiger partial charge in [-0.15, -0.1) is 0 Å². The van der Waals surface area contributed by atoms with Crippen molar-refractivity contribution in [2.75, 3.05) is 0 Å². The van der Waals surface area contributed by atoms with Crippen LogP contribution in [0.5, 0.6) is 0 Å². The van der Waals surface area contributed by atoms with Crippen LogP contribution in [0.25, 0.3) is 5.57 Å². The molecule has 1 aromatic carbocycles. The van der Waals surface area contributed by atoms with Crippen molar-refractivity contribution in [2.45, 2.75) is 33.1 Å². The number of nitrogens with two attached hydrogens (primary N) is 1. The van der Waals surface area contributed by atoms with E-state index in [0.29, 0.717) is 0 Å². The molecule has 0 radical (unpaired) electrons. The highest BCUT2D eigenvalue weighted by Crippen LogP contribution is 2.24. The van der Waals surface area contributed by atoms with Crippen LogP contribution in [-0.4, -0.2) is 5.91 Å². The van der Waals surface area contributed by atoms with Crippen LogP contribution in [0.1, 0.15) is 38.8 Å². The predicted octanol–water partition coefficient (Wildman–Crippen LogP) is 2.38. The highest BCUT2D eigenvalue weighted by molar-refractivity contribution is 5.94. The summed E-state index contributed by atoms with van der Waals surface area (Å²) in [4.78, 5) is 11.1. The van der Waals surface area contributed by atoms with Crippen molar-refractivity contribution in [3.05, 3.63) is 41.5 Å². The van der Waals surface area contributed by atoms with E-state index in [9.17, 15) is 4.79 Å². The van der Waals surface area contributed by atoms with Gasteiger partial charge in [-0.05, 0) is 29.0 Å². The van der Waals surface area contributed by atoms with Crippen molar-refractivity contribution in [1.29, 1.82) is 0 Å². The minimum atomic E-state index is -0.289. The molecule has 3 nitrogen and oxygen atoms in total. The van der Waals surface area contributed by atoms with Gasteiger partial charge in [-0.3, -0.25) is 10.2 Å². The quantitative estimate of drug-likeness (QED) is 0.356. The lowest BCUT2D eigenvalue weighted by Crippen LogP contribution is -2.28. The molecule has 0 bridgehead atoms. The molecule has 0 aliphatic heterocycles. The molecule has 0 atom stereocenters. The third-order valence-corrected chi connectivity index (χ3v) is 2.70. The Kier molecular flexibility index (Phi) is 4.07. The van der Waals surface area contributed by atoms with E-state index in [-0.39, 0.29) is 11.3 Å². The van der Waals surface area contributed by atoms with Crippen molar-refractivity contribution in [3.8, 4) is 0 Å². The largest absolute Gasteiger partial charge is 0.291 e. The highest BCUT2D eigenvalue weighted by atomic mass is 16.2. The van der Waals surface area contributed by atoms with Crippen LogP contribution >= 0.6 is 0 Å². The third-order valence-electron chi connectivity index (χ3n) is 2.70. The molecular weight excluding hydrogens is 212 g/mol. The number of nitrogens with one attached hydrogen (secondary N) is 1. The lowest BCUT2D eigenvalue weighted by molar-refractivity contribution is -0.116. The Morgan fingerprint density at radius 2 is 1.76 bits per heavy atom. The molecule has 0 saturated carbocycles. The SMILES string of the molecule is CC(=CC(=O)NN)c1ccc(C(C)(C)C)cc1. The van der Waals surface area contributed by atoms with Gasteiger partial charge >= 0.3 is 0 Å². The van der Waals surface area contributed by atoms with Gasteiger partial charge < -0.3 is 0 Å². The molecule has 0 spiro atoms. The second-order valence-electron chi connectivity index (χ2n) is 5.16. The summed E-state index contributed by atoms with van der Waals surface area (Å²) < 4.78 is 0. The Morgan fingerprint density at radius 3 is 2.18 bits per heavy atom. The summed E-state index contributed by atoms with van der Waals surface area (Å²) in [6, 6.07) is 8.23. The van der Waals surface area contributed by atoms with Crippen LogP contribution in [0.4, 0.5) is 0 Å². The van der Waals surface area contributed by atoms with Gasteiger partial charge in [0, 0.05) is 6.08 Å². The van der Waals surface area contributed by atoms with Gasteiger partial charge in [-0.1, -0.05) is 45.0 Å². The number of hydrogen-bond donors (Lipinski definition) is 2. The number of hydrazine groups is 1. The Balaban J connectivity index is 2.96. The van der Waals surface area contributed by atoms with Crippen molar-refractivity contribution in [2.24, 2.45) is 5.84 Å². The molecule has 0 heterocycles. The fraction of sp³-hybridized carbons (Fsp3) is 0.357.